The van der Waals surface area contributed by atoms with Gasteiger partial charge in [0, 0.05) is 19.1 Å². The Labute approximate surface area is 115 Å². The van der Waals surface area contributed by atoms with Crippen LogP contribution in [0, 0.1) is 6.92 Å². The molecule has 4 heteroatoms. The van der Waals surface area contributed by atoms with Crippen LogP contribution in [0.4, 0.5) is 0 Å². The number of aryl methyl sites for hydroxylation is 1. The van der Waals surface area contributed by atoms with Crippen LogP contribution in [0.5, 0.6) is 0 Å². The van der Waals surface area contributed by atoms with Crippen LogP contribution >= 0.6 is 0 Å². The summed E-state index contributed by atoms with van der Waals surface area (Å²) in [6.45, 7) is 6.71. The third kappa shape index (κ3) is 3.60. The van der Waals surface area contributed by atoms with E-state index in [2.05, 4.69) is 12.2 Å². The first-order valence-electron chi connectivity index (χ1n) is 7.29. The maximum atomic E-state index is 12.6. The van der Waals surface area contributed by atoms with Crippen molar-refractivity contribution in [2.45, 2.75) is 45.6 Å². The van der Waals surface area contributed by atoms with Gasteiger partial charge in [-0.1, -0.05) is 13.3 Å². The lowest BCUT2D eigenvalue weighted by Gasteiger charge is -2.25. The number of nitrogens with zero attached hydrogens (tertiary/aromatic N) is 1. The van der Waals surface area contributed by atoms with Gasteiger partial charge in [0.05, 0.1) is 11.8 Å². The van der Waals surface area contributed by atoms with Crippen LogP contribution in [0.15, 0.2) is 16.7 Å². The summed E-state index contributed by atoms with van der Waals surface area (Å²) in [5.74, 6) is 0.819. The van der Waals surface area contributed by atoms with Gasteiger partial charge in [0.1, 0.15) is 5.76 Å². The zero-order chi connectivity index (χ0) is 13.7. The third-order valence-electron chi connectivity index (χ3n) is 3.76. The van der Waals surface area contributed by atoms with E-state index in [0.29, 0.717) is 17.4 Å². The predicted molar refractivity (Wildman–Crippen MR) is 75.3 cm³/mol. The van der Waals surface area contributed by atoms with E-state index in [1.807, 2.05) is 11.8 Å². The van der Waals surface area contributed by atoms with E-state index in [4.69, 9.17) is 4.42 Å². The van der Waals surface area contributed by atoms with Crippen LogP contribution in [-0.2, 0) is 0 Å². The van der Waals surface area contributed by atoms with Crippen molar-refractivity contribution in [2.24, 2.45) is 0 Å². The van der Waals surface area contributed by atoms with Crippen molar-refractivity contribution in [1.29, 1.82) is 0 Å². The molecule has 1 fully saturated rings. The molecule has 0 aliphatic carbocycles. The average Bonchev–Trinajstić information content (AvgIpc) is 3.05. The van der Waals surface area contributed by atoms with Crippen LogP contribution in [0.1, 0.15) is 48.7 Å². The van der Waals surface area contributed by atoms with E-state index in [0.717, 1.165) is 32.5 Å². The summed E-state index contributed by atoms with van der Waals surface area (Å²) in [6.07, 6.45) is 6.13. The van der Waals surface area contributed by atoms with Crippen molar-refractivity contribution >= 4 is 5.91 Å². The number of hydrogen-bond donors (Lipinski definition) is 1. The smallest absolute Gasteiger partial charge is 0.257 e. The topological polar surface area (TPSA) is 45.5 Å². The lowest BCUT2D eigenvalue weighted by Crippen LogP contribution is -2.41. The molecule has 1 aliphatic rings. The Hall–Kier alpha value is -1.29. The second-order valence-electron chi connectivity index (χ2n) is 5.29. The molecule has 1 aliphatic heterocycles. The highest BCUT2D eigenvalue weighted by Gasteiger charge is 2.23. The van der Waals surface area contributed by atoms with Crippen LogP contribution < -0.4 is 5.32 Å². The van der Waals surface area contributed by atoms with Gasteiger partial charge in [0.15, 0.2) is 0 Å². The number of nitrogens with one attached hydrogen (secondary N) is 1. The first kappa shape index (κ1) is 14.1. The fraction of sp³-hybridized carbons (Fsp3) is 0.667. The van der Waals surface area contributed by atoms with Crippen molar-refractivity contribution in [3.8, 4) is 0 Å². The molecule has 0 saturated carbocycles. The van der Waals surface area contributed by atoms with E-state index >= 15 is 0 Å². The summed E-state index contributed by atoms with van der Waals surface area (Å²) in [4.78, 5) is 14.5. The molecule has 19 heavy (non-hydrogen) atoms. The molecular weight excluding hydrogens is 240 g/mol. The van der Waals surface area contributed by atoms with Crippen LogP contribution in [0.25, 0.3) is 0 Å². The monoisotopic (exact) mass is 264 g/mol. The van der Waals surface area contributed by atoms with Crippen molar-refractivity contribution in [3.63, 3.8) is 0 Å². The van der Waals surface area contributed by atoms with Crippen molar-refractivity contribution in [3.05, 3.63) is 23.7 Å². The quantitative estimate of drug-likeness (QED) is 0.859. The van der Waals surface area contributed by atoms with Crippen LogP contribution in [0.2, 0.25) is 0 Å². The highest BCUT2D eigenvalue weighted by molar-refractivity contribution is 5.95. The van der Waals surface area contributed by atoms with E-state index < -0.39 is 0 Å². The van der Waals surface area contributed by atoms with Gasteiger partial charge in [0.25, 0.3) is 5.91 Å². The summed E-state index contributed by atoms with van der Waals surface area (Å²) < 4.78 is 5.25. The van der Waals surface area contributed by atoms with Gasteiger partial charge in [0.2, 0.25) is 0 Å². The summed E-state index contributed by atoms with van der Waals surface area (Å²) in [7, 11) is 0. The highest BCUT2D eigenvalue weighted by atomic mass is 16.3. The molecule has 2 heterocycles. The number of rotatable bonds is 6. The molecule has 1 aromatic rings. The number of carbonyl (C=O) groups is 1. The van der Waals surface area contributed by atoms with Gasteiger partial charge in [-0.15, -0.1) is 0 Å². The second kappa shape index (κ2) is 6.75. The Bertz CT molecular complexity index is 408. The molecule has 1 saturated heterocycles. The van der Waals surface area contributed by atoms with Crippen LogP contribution in [0.3, 0.4) is 0 Å². The lowest BCUT2D eigenvalue weighted by molar-refractivity contribution is 0.0737. The molecule has 1 aromatic heterocycles. The van der Waals surface area contributed by atoms with Gasteiger partial charge in [-0.2, -0.15) is 0 Å². The standard InChI is InChI=1S/C15H24N2O2/c1-3-4-9-17(11-13-6-5-8-16-13)15(18)14-7-10-19-12(14)2/h7,10,13,16H,3-6,8-9,11H2,1-2H3. The van der Waals surface area contributed by atoms with Crippen molar-refractivity contribution in [2.75, 3.05) is 19.6 Å². The Morgan fingerprint density at radius 1 is 1.58 bits per heavy atom. The van der Waals surface area contributed by atoms with Gasteiger partial charge in [-0.05, 0) is 38.8 Å². The number of unbranched alkanes of at least 4 members (excludes halogenated alkanes) is 1. The molecule has 0 aromatic carbocycles. The molecule has 1 unspecified atom stereocenters. The fourth-order valence-electron chi connectivity index (χ4n) is 2.58. The van der Waals surface area contributed by atoms with Gasteiger partial charge < -0.3 is 14.6 Å². The molecule has 0 radical (unpaired) electrons. The SMILES string of the molecule is CCCCN(CC1CCCN1)C(=O)c1ccoc1C. The number of furan rings is 1. The molecule has 1 atom stereocenters. The maximum Gasteiger partial charge on any atom is 0.257 e. The van der Waals surface area contributed by atoms with E-state index in [9.17, 15) is 4.79 Å². The predicted octanol–water partition coefficient (Wildman–Crippen LogP) is 2.58. The maximum absolute atomic E-state index is 12.6. The molecular formula is C15H24N2O2. The van der Waals surface area contributed by atoms with Gasteiger partial charge in [-0.25, -0.2) is 0 Å². The highest BCUT2D eigenvalue weighted by Crippen LogP contribution is 2.15. The van der Waals surface area contributed by atoms with Crippen molar-refractivity contribution < 1.29 is 9.21 Å². The fourth-order valence-corrected chi connectivity index (χ4v) is 2.58. The number of hydrogen-bond acceptors (Lipinski definition) is 3. The van der Waals surface area contributed by atoms with Gasteiger partial charge in [-0.3, -0.25) is 4.79 Å². The summed E-state index contributed by atoms with van der Waals surface area (Å²) in [6, 6.07) is 2.23. The molecule has 0 bridgehead atoms. The molecule has 1 amide bonds. The third-order valence-corrected chi connectivity index (χ3v) is 3.76. The minimum absolute atomic E-state index is 0.105. The summed E-state index contributed by atoms with van der Waals surface area (Å²) in [5, 5.41) is 3.46. The largest absolute Gasteiger partial charge is 0.469 e. The molecule has 4 nitrogen and oxygen atoms in total. The number of carbonyl (C=O) groups excluding carboxylic acids is 1. The average molecular weight is 264 g/mol. The number of amides is 1. The lowest BCUT2D eigenvalue weighted by atomic mass is 10.1. The Morgan fingerprint density at radius 3 is 3.00 bits per heavy atom. The van der Waals surface area contributed by atoms with E-state index in [1.54, 1.807) is 12.3 Å². The minimum Gasteiger partial charge on any atom is -0.469 e. The summed E-state index contributed by atoms with van der Waals surface area (Å²) in [5.41, 5.74) is 0.703. The zero-order valence-corrected chi connectivity index (χ0v) is 11.9. The van der Waals surface area contributed by atoms with Gasteiger partial charge >= 0.3 is 0 Å². The molecule has 0 spiro atoms. The Kier molecular flexibility index (Phi) is 5.02. The van der Waals surface area contributed by atoms with E-state index in [-0.39, 0.29) is 5.91 Å². The normalized spacial score (nSPS) is 18.7. The Balaban J connectivity index is 2.03. The summed E-state index contributed by atoms with van der Waals surface area (Å²) >= 11 is 0. The molecule has 106 valence electrons. The van der Waals surface area contributed by atoms with Crippen molar-refractivity contribution in [1.82, 2.24) is 10.2 Å². The Morgan fingerprint density at radius 2 is 2.42 bits per heavy atom. The molecule has 2 rings (SSSR count). The zero-order valence-electron chi connectivity index (χ0n) is 11.9. The minimum atomic E-state index is 0.105. The second-order valence-corrected chi connectivity index (χ2v) is 5.29. The van der Waals surface area contributed by atoms with Crippen LogP contribution in [-0.4, -0.2) is 36.5 Å². The van der Waals surface area contributed by atoms with E-state index in [1.165, 1.54) is 12.8 Å². The molecule has 1 N–H and O–H groups in total. The first-order chi connectivity index (χ1) is 9.22. The first-order valence-corrected chi connectivity index (χ1v) is 7.29.